The Hall–Kier alpha value is -1.89. The molecule has 1 aromatic rings. The molecule has 7 nitrogen and oxygen atoms in total. The molecule has 23 heavy (non-hydrogen) atoms. The van der Waals surface area contributed by atoms with Crippen molar-refractivity contribution in [1.29, 1.82) is 0 Å². The third-order valence-electron chi connectivity index (χ3n) is 4.09. The number of carbonyl (C=O) groups excluding carboxylic acids is 1. The fraction of sp³-hybridized carbons (Fsp3) is 0.688. The van der Waals surface area contributed by atoms with E-state index in [1.54, 1.807) is 6.20 Å². The van der Waals surface area contributed by atoms with Crippen LogP contribution in [-0.4, -0.2) is 39.2 Å². The van der Waals surface area contributed by atoms with Crippen molar-refractivity contribution >= 4 is 11.9 Å². The van der Waals surface area contributed by atoms with Crippen molar-refractivity contribution in [1.82, 2.24) is 14.9 Å². The van der Waals surface area contributed by atoms with E-state index in [4.69, 9.17) is 4.74 Å². The predicted molar refractivity (Wildman–Crippen MR) is 83.7 cm³/mol. The van der Waals surface area contributed by atoms with E-state index in [2.05, 4.69) is 10.3 Å². The smallest absolute Gasteiger partial charge is 0.326 e. The van der Waals surface area contributed by atoms with Crippen molar-refractivity contribution in [3.05, 3.63) is 18.2 Å². The summed E-state index contributed by atoms with van der Waals surface area (Å²) in [5.74, 6) is -0.771. The van der Waals surface area contributed by atoms with Gasteiger partial charge in [-0.3, -0.25) is 4.79 Å². The summed E-state index contributed by atoms with van der Waals surface area (Å²) in [6, 6.07) is -0.866. The molecule has 1 saturated heterocycles. The topological polar surface area (TPSA) is 93.5 Å². The predicted octanol–water partition coefficient (Wildman–Crippen LogP) is 1.60. The number of imidazole rings is 1. The van der Waals surface area contributed by atoms with Crippen LogP contribution in [0.4, 0.5) is 0 Å². The summed E-state index contributed by atoms with van der Waals surface area (Å²) < 4.78 is 7.65. The molecule has 2 rings (SSSR count). The van der Waals surface area contributed by atoms with Crippen LogP contribution >= 0.6 is 0 Å². The molecule has 2 N–H and O–H groups in total. The summed E-state index contributed by atoms with van der Waals surface area (Å²) >= 11 is 0. The minimum Gasteiger partial charge on any atom is -0.480 e. The maximum atomic E-state index is 12.6. The second-order valence-electron chi connectivity index (χ2n) is 6.29. The van der Waals surface area contributed by atoms with Gasteiger partial charge in [-0.1, -0.05) is 13.8 Å². The first-order valence-electron chi connectivity index (χ1n) is 8.09. The molecule has 0 radical (unpaired) electrons. The number of amides is 1. The van der Waals surface area contributed by atoms with Gasteiger partial charge in [-0.15, -0.1) is 0 Å². The average molecular weight is 323 g/mol. The summed E-state index contributed by atoms with van der Waals surface area (Å²) in [6.45, 7) is 7.08. The van der Waals surface area contributed by atoms with Gasteiger partial charge in [0.1, 0.15) is 18.0 Å². The number of aliphatic carboxylic acids is 1. The number of rotatable bonds is 7. The first-order chi connectivity index (χ1) is 10.9. The van der Waals surface area contributed by atoms with Gasteiger partial charge in [0, 0.05) is 25.5 Å². The molecule has 1 aliphatic rings. The average Bonchev–Trinajstić information content (AvgIpc) is 3.13. The van der Waals surface area contributed by atoms with E-state index in [9.17, 15) is 14.7 Å². The highest BCUT2D eigenvalue weighted by molar-refractivity contribution is 5.85. The molecule has 1 amide bonds. The van der Waals surface area contributed by atoms with Gasteiger partial charge in [0.15, 0.2) is 0 Å². The zero-order chi connectivity index (χ0) is 17.0. The SMILES string of the molecule is CCn1ccnc1[C@@H]1OCC[C@H]1C(=O)N[C@H](CC(C)C)C(=O)O. The van der Waals surface area contributed by atoms with Gasteiger partial charge in [0.05, 0.1) is 5.92 Å². The number of carboxylic acids is 1. The maximum absolute atomic E-state index is 12.6. The molecule has 0 aliphatic carbocycles. The Morgan fingerprint density at radius 2 is 2.26 bits per heavy atom. The Labute approximate surface area is 136 Å². The Morgan fingerprint density at radius 3 is 2.87 bits per heavy atom. The largest absolute Gasteiger partial charge is 0.480 e. The number of carbonyl (C=O) groups is 2. The van der Waals surface area contributed by atoms with E-state index in [0.717, 1.165) is 12.4 Å². The van der Waals surface area contributed by atoms with E-state index < -0.39 is 24.0 Å². The summed E-state index contributed by atoms with van der Waals surface area (Å²) in [4.78, 5) is 28.2. The molecule has 2 heterocycles. The summed E-state index contributed by atoms with van der Waals surface area (Å²) in [6.07, 6.45) is 4.10. The van der Waals surface area contributed by atoms with Crippen LogP contribution in [0.15, 0.2) is 12.4 Å². The van der Waals surface area contributed by atoms with Crippen molar-refractivity contribution in [2.24, 2.45) is 11.8 Å². The molecule has 0 bridgehead atoms. The number of nitrogens with zero attached hydrogens (tertiary/aromatic N) is 2. The molecule has 0 saturated carbocycles. The Kier molecular flexibility index (Phi) is 5.76. The third kappa shape index (κ3) is 4.10. The van der Waals surface area contributed by atoms with E-state index in [1.165, 1.54) is 0 Å². The van der Waals surface area contributed by atoms with E-state index in [-0.39, 0.29) is 11.8 Å². The molecular weight excluding hydrogens is 298 g/mol. The van der Waals surface area contributed by atoms with Crippen LogP contribution in [-0.2, 0) is 20.9 Å². The van der Waals surface area contributed by atoms with Crippen LogP contribution < -0.4 is 5.32 Å². The molecular formula is C16H25N3O4. The highest BCUT2D eigenvalue weighted by Crippen LogP contribution is 2.34. The zero-order valence-electron chi connectivity index (χ0n) is 13.9. The molecule has 1 aliphatic heterocycles. The quantitative estimate of drug-likeness (QED) is 0.795. The standard InChI is InChI=1S/C16H25N3O4/c1-4-19-7-6-17-14(19)13-11(5-8-23-13)15(20)18-12(16(21)22)9-10(2)3/h6-7,10-13H,4-5,8-9H2,1-3H3,(H,18,20)(H,21,22)/t11-,12-,13-/m1/s1. The van der Waals surface area contributed by atoms with Crippen LogP contribution in [0.5, 0.6) is 0 Å². The maximum Gasteiger partial charge on any atom is 0.326 e. The molecule has 7 heteroatoms. The van der Waals surface area contributed by atoms with Crippen molar-refractivity contribution in [3.63, 3.8) is 0 Å². The monoisotopic (exact) mass is 323 g/mol. The molecule has 0 unspecified atom stereocenters. The normalized spacial score (nSPS) is 22.3. The van der Waals surface area contributed by atoms with Gasteiger partial charge in [-0.05, 0) is 25.7 Å². The second-order valence-corrected chi connectivity index (χ2v) is 6.29. The summed E-state index contributed by atoms with van der Waals surface area (Å²) in [5.41, 5.74) is 0. The highest BCUT2D eigenvalue weighted by Gasteiger charge is 2.39. The Morgan fingerprint density at radius 1 is 1.52 bits per heavy atom. The van der Waals surface area contributed by atoms with Crippen LogP contribution in [0.1, 0.15) is 45.5 Å². The highest BCUT2D eigenvalue weighted by atomic mass is 16.5. The number of aromatic nitrogens is 2. The number of aryl methyl sites for hydroxylation is 1. The summed E-state index contributed by atoms with van der Waals surface area (Å²) in [7, 11) is 0. The lowest BCUT2D eigenvalue weighted by molar-refractivity contribution is -0.143. The Balaban J connectivity index is 2.09. The van der Waals surface area contributed by atoms with E-state index in [1.807, 2.05) is 31.5 Å². The molecule has 1 aromatic heterocycles. The number of carboxylic acid groups (broad SMARTS) is 1. The molecule has 0 spiro atoms. The van der Waals surface area contributed by atoms with Crippen LogP contribution in [0.25, 0.3) is 0 Å². The van der Waals surface area contributed by atoms with Crippen molar-refractivity contribution in [3.8, 4) is 0 Å². The van der Waals surface area contributed by atoms with Crippen LogP contribution in [0.3, 0.4) is 0 Å². The Bertz CT molecular complexity index is 555. The minimum absolute atomic E-state index is 0.186. The lowest BCUT2D eigenvalue weighted by atomic mass is 9.97. The molecule has 0 aromatic carbocycles. The number of hydrogen-bond acceptors (Lipinski definition) is 4. The lowest BCUT2D eigenvalue weighted by Gasteiger charge is -2.22. The van der Waals surface area contributed by atoms with Gasteiger partial charge in [-0.25, -0.2) is 9.78 Å². The molecule has 1 fully saturated rings. The van der Waals surface area contributed by atoms with Crippen molar-refractivity contribution < 1.29 is 19.4 Å². The van der Waals surface area contributed by atoms with E-state index in [0.29, 0.717) is 19.4 Å². The third-order valence-corrected chi connectivity index (χ3v) is 4.09. The van der Waals surface area contributed by atoms with Crippen molar-refractivity contribution in [2.75, 3.05) is 6.61 Å². The lowest BCUT2D eigenvalue weighted by Crippen LogP contribution is -2.45. The number of nitrogens with one attached hydrogen (secondary N) is 1. The second kappa shape index (κ2) is 7.59. The fourth-order valence-corrected chi connectivity index (χ4v) is 2.93. The fourth-order valence-electron chi connectivity index (χ4n) is 2.93. The van der Waals surface area contributed by atoms with Gasteiger partial charge in [-0.2, -0.15) is 0 Å². The van der Waals surface area contributed by atoms with Crippen molar-refractivity contribution in [2.45, 2.75) is 52.3 Å². The number of hydrogen-bond donors (Lipinski definition) is 2. The summed E-state index contributed by atoms with van der Waals surface area (Å²) in [5, 5.41) is 11.9. The van der Waals surface area contributed by atoms with Gasteiger partial charge in [0.2, 0.25) is 5.91 Å². The van der Waals surface area contributed by atoms with E-state index >= 15 is 0 Å². The molecule has 3 atom stereocenters. The first kappa shape index (κ1) is 17.5. The first-order valence-corrected chi connectivity index (χ1v) is 8.09. The zero-order valence-corrected chi connectivity index (χ0v) is 13.9. The van der Waals surface area contributed by atoms with Gasteiger partial charge < -0.3 is 19.7 Å². The minimum atomic E-state index is -1.00. The van der Waals surface area contributed by atoms with Crippen LogP contribution in [0.2, 0.25) is 0 Å². The molecule has 128 valence electrons. The number of ether oxygens (including phenoxy) is 1. The van der Waals surface area contributed by atoms with Crippen LogP contribution in [0, 0.1) is 11.8 Å². The van der Waals surface area contributed by atoms with Gasteiger partial charge >= 0.3 is 5.97 Å². The van der Waals surface area contributed by atoms with Gasteiger partial charge in [0.25, 0.3) is 0 Å².